The fourth-order valence-corrected chi connectivity index (χ4v) is 3.20. The first-order chi connectivity index (χ1) is 11.2. The minimum absolute atomic E-state index is 0.597. The van der Waals surface area contributed by atoms with Crippen LogP contribution >= 0.6 is 11.6 Å². The van der Waals surface area contributed by atoms with Crippen molar-refractivity contribution in [2.75, 3.05) is 11.4 Å². The maximum atomic E-state index is 6.18. The van der Waals surface area contributed by atoms with Gasteiger partial charge in [-0.05, 0) is 42.8 Å². The molecule has 0 aliphatic carbocycles. The van der Waals surface area contributed by atoms with E-state index in [0.29, 0.717) is 5.89 Å². The van der Waals surface area contributed by atoms with Gasteiger partial charge in [0.2, 0.25) is 5.89 Å². The molecule has 23 heavy (non-hydrogen) atoms. The summed E-state index contributed by atoms with van der Waals surface area (Å²) in [5, 5.41) is 0.764. The Morgan fingerprint density at radius 2 is 2.13 bits per heavy atom. The van der Waals surface area contributed by atoms with E-state index in [1.54, 1.807) is 6.20 Å². The second-order valence-corrected chi connectivity index (χ2v) is 6.20. The molecule has 3 aromatic rings. The Morgan fingerprint density at radius 3 is 2.91 bits per heavy atom. The van der Waals surface area contributed by atoms with Crippen LogP contribution < -0.4 is 4.90 Å². The van der Waals surface area contributed by atoms with Gasteiger partial charge in [-0.25, -0.2) is 4.98 Å². The number of hydrogen-bond acceptors (Lipinski definition) is 4. The second-order valence-electron chi connectivity index (χ2n) is 5.76. The van der Waals surface area contributed by atoms with E-state index < -0.39 is 0 Å². The van der Waals surface area contributed by atoms with Crippen LogP contribution in [0.25, 0.3) is 11.6 Å². The maximum Gasteiger partial charge on any atom is 0.245 e. The van der Waals surface area contributed by atoms with Crippen molar-refractivity contribution in [3.8, 4) is 11.6 Å². The monoisotopic (exact) mass is 325 g/mol. The summed E-state index contributed by atoms with van der Waals surface area (Å²) in [7, 11) is 0. The number of halogens is 1. The summed E-state index contributed by atoms with van der Waals surface area (Å²) in [6.07, 6.45) is 2.58. The van der Waals surface area contributed by atoms with E-state index in [0.717, 1.165) is 52.9 Å². The molecule has 0 saturated carbocycles. The molecule has 0 bridgehead atoms. The minimum Gasteiger partial charge on any atom is -0.439 e. The Balaban J connectivity index is 1.63. The zero-order valence-corrected chi connectivity index (χ0v) is 13.5. The zero-order valence-electron chi connectivity index (χ0n) is 12.8. The van der Waals surface area contributed by atoms with Crippen molar-refractivity contribution in [1.82, 2.24) is 9.97 Å². The van der Waals surface area contributed by atoms with Gasteiger partial charge in [0.15, 0.2) is 0 Å². The average molecular weight is 326 g/mol. The summed E-state index contributed by atoms with van der Waals surface area (Å²) in [5.41, 5.74) is 4.04. The predicted molar refractivity (Wildman–Crippen MR) is 90.7 cm³/mol. The Labute approximate surface area is 139 Å². The van der Waals surface area contributed by atoms with Gasteiger partial charge < -0.3 is 9.32 Å². The first kappa shape index (κ1) is 14.3. The summed E-state index contributed by atoms with van der Waals surface area (Å²) in [6.45, 7) is 3.68. The summed E-state index contributed by atoms with van der Waals surface area (Å²) in [5.74, 6) is 1.56. The van der Waals surface area contributed by atoms with Gasteiger partial charge >= 0.3 is 0 Å². The second kappa shape index (κ2) is 5.70. The average Bonchev–Trinajstić information content (AvgIpc) is 2.98. The number of nitrogens with zero attached hydrogens (tertiary/aromatic N) is 3. The molecule has 4 nitrogen and oxygen atoms in total. The van der Waals surface area contributed by atoms with E-state index in [-0.39, 0.29) is 0 Å². The number of pyridine rings is 1. The Kier molecular flexibility index (Phi) is 3.54. The quantitative estimate of drug-likeness (QED) is 0.706. The number of benzene rings is 1. The third kappa shape index (κ3) is 2.82. The topological polar surface area (TPSA) is 42.2 Å². The van der Waals surface area contributed by atoms with Crippen LogP contribution in [0, 0.1) is 6.92 Å². The molecule has 1 aromatic carbocycles. The molecule has 0 saturated heterocycles. The van der Waals surface area contributed by atoms with E-state index in [4.69, 9.17) is 16.0 Å². The fraction of sp³-hybridized carbons (Fsp3) is 0.222. The van der Waals surface area contributed by atoms with Crippen LogP contribution in [0.3, 0.4) is 0 Å². The summed E-state index contributed by atoms with van der Waals surface area (Å²) in [6, 6.07) is 11.9. The van der Waals surface area contributed by atoms with E-state index in [9.17, 15) is 0 Å². The van der Waals surface area contributed by atoms with Crippen molar-refractivity contribution in [2.45, 2.75) is 19.9 Å². The summed E-state index contributed by atoms with van der Waals surface area (Å²) < 4.78 is 5.90. The summed E-state index contributed by atoms with van der Waals surface area (Å²) >= 11 is 6.18. The van der Waals surface area contributed by atoms with Crippen LogP contribution in [0.2, 0.25) is 5.02 Å². The van der Waals surface area contributed by atoms with Crippen molar-refractivity contribution in [2.24, 2.45) is 0 Å². The van der Waals surface area contributed by atoms with Gasteiger partial charge in [-0.1, -0.05) is 17.7 Å². The van der Waals surface area contributed by atoms with E-state index >= 15 is 0 Å². The third-order valence-electron chi connectivity index (χ3n) is 4.00. The smallest absolute Gasteiger partial charge is 0.245 e. The first-order valence-electron chi connectivity index (χ1n) is 7.61. The van der Waals surface area contributed by atoms with Crippen LogP contribution in [0.1, 0.15) is 17.0 Å². The number of hydrogen-bond donors (Lipinski definition) is 0. The van der Waals surface area contributed by atoms with Gasteiger partial charge in [-0.15, -0.1) is 0 Å². The minimum atomic E-state index is 0.597. The molecule has 0 amide bonds. The van der Waals surface area contributed by atoms with Crippen molar-refractivity contribution >= 4 is 17.3 Å². The fourth-order valence-electron chi connectivity index (χ4n) is 2.92. The highest BCUT2D eigenvalue weighted by Gasteiger charge is 2.23. The molecule has 5 heteroatoms. The molecule has 0 atom stereocenters. The van der Waals surface area contributed by atoms with Crippen molar-refractivity contribution < 1.29 is 4.42 Å². The van der Waals surface area contributed by atoms with Gasteiger partial charge in [-0.3, -0.25) is 4.98 Å². The SMILES string of the molecule is Cc1cc(Cl)cc(N2CCc3oc(-c4ccccn4)nc3C2)c1. The Morgan fingerprint density at radius 1 is 1.22 bits per heavy atom. The van der Waals surface area contributed by atoms with Crippen molar-refractivity contribution in [3.05, 3.63) is 64.6 Å². The molecule has 3 heterocycles. The third-order valence-corrected chi connectivity index (χ3v) is 4.22. The Hall–Kier alpha value is -2.33. The number of aromatic nitrogens is 2. The van der Waals surface area contributed by atoms with Gasteiger partial charge in [0.05, 0.1) is 6.54 Å². The molecule has 2 aromatic heterocycles. The number of anilines is 1. The molecule has 0 fully saturated rings. The molecule has 0 spiro atoms. The van der Waals surface area contributed by atoms with Gasteiger partial charge in [0.1, 0.15) is 17.1 Å². The highest BCUT2D eigenvalue weighted by molar-refractivity contribution is 6.30. The molecular formula is C18H16ClN3O. The summed E-state index contributed by atoms with van der Waals surface area (Å²) in [4.78, 5) is 11.2. The van der Waals surface area contributed by atoms with Crippen LogP contribution in [-0.4, -0.2) is 16.5 Å². The van der Waals surface area contributed by atoms with Crippen LogP contribution in [0.4, 0.5) is 5.69 Å². The lowest BCUT2D eigenvalue weighted by molar-refractivity contribution is 0.498. The zero-order chi connectivity index (χ0) is 15.8. The van der Waals surface area contributed by atoms with E-state index in [1.807, 2.05) is 30.3 Å². The van der Waals surface area contributed by atoms with Crippen LogP contribution in [0.5, 0.6) is 0 Å². The lowest BCUT2D eigenvalue weighted by Crippen LogP contribution is -2.30. The number of rotatable bonds is 2. The predicted octanol–water partition coefficient (Wildman–Crippen LogP) is 4.26. The molecule has 1 aliphatic rings. The normalized spacial score (nSPS) is 13.9. The first-order valence-corrected chi connectivity index (χ1v) is 7.99. The molecule has 0 radical (unpaired) electrons. The Bertz CT molecular complexity index is 824. The van der Waals surface area contributed by atoms with Crippen LogP contribution in [-0.2, 0) is 13.0 Å². The largest absolute Gasteiger partial charge is 0.439 e. The molecular weight excluding hydrogens is 310 g/mol. The highest BCUT2D eigenvalue weighted by Crippen LogP contribution is 2.29. The number of fused-ring (bicyclic) bond motifs is 1. The number of aryl methyl sites for hydroxylation is 1. The standard InChI is InChI=1S/C18H16ClN3O/c1-12-8-13(19)10-14(9-12)22-7-5-17-16(11-22)21-18(23-17)15-4-2-3-6-20-15/h2-4,6,8-10H,5,7,11H2,1H3. The van der Waals surface area contributed by atoms with E-state index in [1.165, 1.54) is 0 Å². The maximum absolute atomic E-state index is 6.18. The van der Waals surface area contributed by atoms with Crippen molar-refractivity contribution in [3.63, 3.8) is 0 Å². The molecule has 0 N–H and O–H groups in total. The van der Waals surface area contributed by atoms with Crippen LogP contribution in [0.15, 0.2) is 47.0 Å². The molecule has 1 aliphatic heterocycles. The lowest BCUT2D eigenvalue weighted by Gasteiger charge is -2.27. The lowest BCUT2D eigenvalue weighted by atomic mass is 10.1. The number of oxazole rings is 1. The van der Waals surface area contributed by atoms with E-state index in [2.05, 4.69) is 27.9 Å². The molecule has 116 valence electrons. The van der Waals surface area contributed by atoms with Gasteiger partial charge in [-0.2, -0.15) is 0 Å². The molecule has 0 unspecified atom stereocenters. The van der Waals surface area contributed by atoms with Crippen molar-refractivity contribution in [1.29, 1.82) is 0 Å². The molecule has 4 rings (SSSR count). The van der Waals surface area contributed by atoms with Gasteiger partial charge in [0, 0.05) is 29.9 Å². The van der Waals surface area contributed by atoms with Gasteiger partial charge in [0.25, 0.3) is 0 Å². The highest BCUT2D eigenvalue weighted by atomic mass is 35.5.